The first-order valence-corrected chi connectivity index (χ1v) is 9.54. The van der Waals surface area contributed by atoms with Crippen molar-refractivity contribution in [2.75, 3.05) is 50.5 Å². The second-order valence-electron chi connectivity index (χ2n) is 7.67. The quantitative estimate of drug-likeness (QED) is 0.726. The molecule has 1 N–H and O–H groups in total. The van der Waals surface area contributed by atoms with Crippen molar-refractivity contribution in [1.82, 2.24) is 19.6 Å². The fourth-order valence-corrected chi connectivity index (χ4v) is 3.41. The summed E-state index contributed by atoms with van der Waals surface area (Å²) >= 11 is 0. The SMILES string of the molecule is C=C(C)CN(CCN(C)C)CC(=O)N1c2ccccc2NC(=O)c2c1cnn2C. The van der Waals surface area contributed by atoms with E-state index in [4.69, 9.17) is 0 Å². The lowest BCUT2D eigenvalue weighted by Gasteiger charge is -2.28. The number of para-hydroxylation sites is 2. The third-order valence-corrected chi connectivity index (χ3v) is 4.73. The molecule has 0 bridgehead atoms. The first-order valence-electron chi connectivity index (χ1n) is 9.54. The van der Waals surface area contributed by atoms with Gasteiger partial charge < -0.3 is 10.2 Å². The van der Waals surface area contributed by atoms with E-state index in [2.05, 4.69) is 26.8 Å². The summed E-state index contributed by atoms with van der Waals surface area (Å²) < 4.78 is 1.49. The van der Waals surface area contributed by atoms with Crippen LogP contribution in [0.15, 0.2) is 42.6 Å². The highest BCUT2D eigenvalue weighted by molar-refractivity contribution is 6.17. The Kier molecular flexibility index (Phi) is 6.14. The van der Waals surface area contributed by atoms with Crippen molar-refractivity contribution in [2.24, 2.45) is 7.05 Å². The van der Waals surface area contributed by atoms with E-state index in [1.807, 2.05) is 39.2 Å². The minimum Gasteiger partial charge on any atom is -0.319 e. The van der Waals surface area contributed by atoms with Crippen molar-refractivity contribution in [1.29, 1.82) is 0 Å². The van der Waals surface area contributed by atoms with Crippen molar-refractivity contribution in [3.8, 4) is 0 Å². The minimum absolute atomic E-state index is 0.122. The summed E-state index contributed by atoms with van der Waals surface area (Å²) in [5.74, 6) is -0.405. The van der Waals surface area contributed by atoms with Gasteiger partial charge in [-0.15, -0.1) is 0 Å². The number of amides is 2. The van der Waals surface area contributed by atoms with Gasteiger partial charge >= 0.3 is 0 Å². The van der Waals surface area contributed by atoms with Crippen LogP contribution in [0.5, 0.6) is 0 Å². The van der Waals surface area contributed by atoms with E-state index < -0.39 is 0 Å². The smallest absolute Gasteiger partial charge is 0.276 e. The zero-order chi connectivity index (χ0) is 21.1. The van der Waals surface area contributed by atoms with Crippen LogP contribution in [0.3, 0.4) is 0 Å². The normalized spacial score (nSPS) is 13.2. The number of aromatic nitrogens is 2. The van der Waals surface area contributed by atoms with Crippen molar-refractivity contribution >= 4 is 28.9 Å². The average Bonchev–Trinajstić information content (AvgIpc) is 2.96. The Labute approximate surface area is 171 Å². The molecule has 0 saturated carbocycles. The Bertz CT molecular complexity index is 933. The predicted octanol–water partition coefficient (Wildman–Crippen LogP) is 2.09. The Morgan fingerprint density at radius 2 is 1.90 bits per heavy atom. The molecule has 8 heteroatoms. The number of rotatable bonds is 7. The number of hydrogen-bond acceptors (Lipinski definition) is 5. The molecule has 0 spiro atoms. The number of carbonyl (C=O) groups excluding carboxylic acids is 2. The van der Waals surface area contributed by atoms with Crippen LogP contribution in [0, 0.1) is 0 Å². The number of anilines is 3. The minimum atomic E-state index is -0.283. The number of nitrogens with one attached hydrogen (secondary N) is 1. The van der Waals surface area contributed by atoms with E-state index in [9.17, 15) is 9.59 Å². The van der Waals surface area contributed by atoms with Gasteiger partial charge in [0.25, 0.3) is 5.91 Å². The van der Waals surface area contributed by atoms with E-state index in [0.717, 1.165) is 18.7 Å². The van der Waals surface area contributed by atoms with Crippen LogP contribution in [-0.4, -0.2) is 71.7 Å². The summed E-state index contributed by atoms with van der Waals surface area (Å²) in [6.07, 6.45) is 1.57. The van der Waals surface area contributed by atoms with Gasteiger partial charge in [0.2, 0.25) is 5.91 Å². The van der Waals surface area contributed by atoms with E-state index in [-0.39, 0.29) is 18.4 Å². The zero-order valence-electron chi connectivity index (χ0n) is 17.5. The molecule has 154 valence electrons. The predicted molar refractivity (Wildman–Crippen MR) is 115 cm³/mol. The van der Waals surface area contributed by atoms with Gasteiger partial charge in [-0.2, -0.15) is 5.10 Å². The van der Waals surface area contributed by atoms with Gasteiger partial charge in [-0.1, -0.05) is 24.3 Å². The molecule has 29 heavy (non-hydrogen) atoms. The van der Waals surface area contributed by atoms with Gasteiger partial charge in [0.05, 0.1) is 24.1 Å². The van der Waals surface area contributed by atoms with Crippen molar-refractivity contribution in [2.45, 2.75) is 6.92 Å². The molecular weight excluding hydrogens is 368 g/mol. The Balaban J connectivity index is 1.97. The highest BCUT2D eigenvalue weighted by Crippen LogP contribution is 2.37. The van der Waals surface area contributed by atoms with Gasteiger partial charge in [-0.25, -0.2) is 0 Å². The highest BCUT2D eigenvalue weighted by Gasteiger charge is 2.32. The maximum absolute atomic E-state index is 13.5. The molecule has 0 unspecified atom stereocenters. The van der Waals surface area contributed by atoms with Crippen LogP contribution in [0.4, 0.5) is 17.1 Å². The molecule has 1 aliphatic heterocycles. The molecule has 1 aromatic heterocycles. The van der Waals surface area contributed by atoms with Crippen LogP contribution < -0.4 is 10.2 Å². The monoisotopic (exact) mass is 396 g/mol. The maximum atomic E-state index is 13.5. The molecular formula is C21H28N6O2. The van der Waals surface area contributed by atoms with Gasteiger partial charge in [0.15, 0.2) is 0 Å². The van der Waals surface area contributed by atoms with Crippen LogP contribution >= 0.6 is 0 Å². The summed E-state index contributed by atoms with van der Waals surface area (Å²) in [6, 6.07) is 7.31. The summed E-state index contributed by atoms with van der Waals surface area (Å²) in [4.78, 5) is 32.0. The average molecular weight is 396 g/mol. The van der Waals surface area contributed by atoms with Crippen LogP contribution in [0.1, 0.15) is 17.4 Å². The molecule has 2 heterocycles. The fourth-order valence-electron chi connectivity index (χ4n) is 3.41. The summed E-state index contributed by atoms with van der Waals surface area (Å²) in [5.41, 5.74) is 3.08. The largest absolute Gasteiger partial charge is 0.319 e. The third-order valence-electron chi connectivity index (χ3n) is 4.73. The van der Waals surface area contributed by atoms with Gasteiger partial charge in [0.1, 0.15) is 11.4 Å². The number of carbonyl (C=O) groups is 2. The second kappa shape index (κ2) is 8.59. The number of nitrogens with zero attached hydrogens (tertiary/aromatic N) is 5. The van der Waals surface area contributed by atoms with E-state index in [1.165, 1.54) is 4.68 Å². The first-order chi connectivity index (χ1) is 13.8. The molecule has 2 aromatic rings. The number of likely N-dealkylation sites (N-methyl/N-ethyl adjacent to an activating group) is 1. The van der Waals surface area contributed by atoms with E-state index in [0.29, 0.717) is 29.3 Å². The zero-order valence-corrected chi connectivity index (χ0v) is 17.5. The molecule has 1 aliphatic rings. The van der Waals surface area contributed by atoms with E-state index >= 15 is 0 Å². The van der Waals surface area contributed by atoms with Gasteiger partial charge in [-0.05, 0) is 33.2 Å². The second-order valence-corrected chi connectivity index (χ2v) is 7.67. The van der Waals surface area contributed by atoms with E-state index in [1.54, 1.807) is 24.2 Å². The third kappa shape index (κ3) is 4.55. The van der Waals surface area contributed by atoms with Gasteiger partial charge in [0, 0.05) is 26.7 Å². The first kappa shape index (κ1) is 20.8. The maximum Gasteiger partial charge on any atom is 0.276 e. The highest BCUT2D eigenvalue weighted by atomic mass is 16.2. The lowest BCUT2D eigenvalue weighted by Crippen LogP contribution is -2.41. The van der Waals surface area contributed by atoms with Crippen LogP contribution in [0.25, 0.3) is 0 Å². The van der Waals surface area contributed by atoms with Crippen molar-refractivity contribution < 1.29 is 9.59 Å². The molecule has 0 atom stereocenters. The van der Waals surface area contributed by atoms with Crippen molar-refractivity contribution in [3.05, 3.63) is 48.3 Å². The number of fused-ring (bicyclic) bond motifs is 2. The van der Waals surface area contributed by atoms with Crippen molar-refractivity contribution in [3.63, 3.8) is 0 Å². The lowest BCUT2D eigenvalue weighted by atomic mass is 10.2. The molecule has 0 radical (unpaired) electrons. The molecule has 0 aliphatic carbocycles. The molecule has 3 rings (SSSR count). The Hall–Kier alpha value is -2.97. The number of benzene rings is 1. The topological polar surface area (TPSA) is 73.7 Å². The standard InChI is InChI=1S/C21H28N6O2/c1-15(2)13-26(11-10-24(3)4)14-19(28)27-17-9-7-6-8-16(17)23-21(29)20-18(27)12-22-25(20)5/h6-9,12H,1,10-11,13-14H2,2-5H3,(H,23,29). The number of hydrogen-bond donors (Lipinski definition) is 1. The van der Waals surface area contributed by atoms with Crippen LogP contribution in [-0.2, 0) is 11.8 Å². The van der Waals surface area contributed by atoms with Gasteiger partial charge in [-0.3, -0.25) is 24.1 Å². The summed E-state index contributed by atoms with van der Waals surface area (Å²) in [6.45, 7) is 8.35. The lowest BCUT2D eigenvalue weighted by molar-refractivity contribution is -0.119. The fraction of sp³-hybridized carbons (Fsp3) is 0.381. The Morgan fingerprint density at radius 3 is 2.59 bits per heavy atom. The number of aryl methyl sites for hydroxylation is 1. The molecule has 8 nitrogen and oxygen atoms in total. The van der Waals surface area contributed by atoms with Crippen LogP contribution in [0.2, 0.25) is 0 Å². The molecule has 0 fully saturated rings. The summed E-state index contributed by atoms with van der Waals surface area (Å²) in [5, 5.41) is 7.10. The molecule has 0 saturated heterocycles. The summed E-state index contributed by atoms with van der Waals surface area (Å²) in [7, 11) is 5.71. The molecule has 1 aromatic carbocycles. The molecule has 2 amide bonds. The Morgan fingerprint density at radius 1 is 1.17 bits per heavy atom.